The summed E-state index contributed by atoms with van der Waals surface area (Å²) in [5.74, 6) is 0. The van der Waals surface area contributed by atoms with E-state index in [1.165, 1.54) is 23.3 Å². The van der Waals surface area contributed by atoms with Gasteiger partial charge in [-0.3, -0.25) is 4.98 Å². The second-order valence-electron chi connectivity index (χ2n) is 4.81. The van der Waals surface area contributed by atoms with E-state index in [4.69, 9.17) is 0 Å². The fourth-order valence-electron chi connectivity index (χ4n) is 2.25. The molecule has 1 atom stereocenters. The van der Waals surface area contributed by atoms with E-state index in [-0.39, 0.29) is 0 Å². The molecule has 102 valence electrons. The van der Waals surface area contributed by atoms with Gasteiger partial charge in [0.1, 0.15) is 0 Å². The molecule has 0 amide bonds. The van der Waals surface area contributed by atoms with Crippen LogP contribution in [-0.4, -0.2) is 11.5 Å². The summed E-state index contributed by atoms with van der Waals surface area (Å²) in [6.07, 6.45) is 5.56. The molecule has 2 rings (SSSR count). The maximum atomic E-state index is 4.40. The van der Waals surface area contributed by atoms with Gasteiger partial charge in [0, 0.05) is 22.8 Å². The van der Waals surface area contributed by atoms with Crippen molar-refractivity contribution in [1.29, 1.82) is 0 Å². The quantitative estimate of drug-likeness (QED) is 0.821. The molecule has 0 aliphatic carbocycles. The molecule has 1 unspecified atom stereocenters. The highest BCUT2D eigenvalue weighted by atomic mass is 32.1. The molecule has 2 aromatic heterocycles. The number of thiophene rings is 1. The fraction of sp³-hybridized carbons (Fsp3) is 0.438. The Morgan fingerprint density at radius 1 is 1.32 bits per heavy atom. The van der Waals surface area contributed by atoms with E-state index in [0.717, 1.165) is 18.7 Å². The van der Waals surface area contributed by atoms with Crippen molar-refractivity contribution in [3.63, 3.8) is 0 Å². The van der Waals surface area contributed by atoms with Gasteiger partial charge in [-0.2, -0.15) is 0 Å². The summed E-state index contributed by atoms with van der Waals surface area (Å²) >= 11 is 1.85. The third-order valence-electron chi connectivity index (χ3n) is 3.28. The topological polar surface area (TPSA) is 24.9 Å². The van der Waals surface area contributed by atoms with Crippen LogP contribution in [-0.2, 0) is 6.42 Å². The lowest BCUT2D eigenvalue weighted by molar-refractivity contribution is 0.497. The van der Waals surface area contributed by atoms with Gasteiger partial charge in [0.15, 0.2) is 0 Å². The van der Waals surface area contributed by atoms with Crippen molar-refractivity contribution in [2.75, 3.05) is 6.54 Å². The molecule has 2 nitrogen and oxygen atoms in total. The third-order valence-corrected chi connectivity index (χ3v) is 4.22. The van der Waals surface area contributed by atoms with Crippen molar-refractivity contribution in [2.45, 2.75) is 39.2 Å². The smallest absolute Gasteiger partial charge is 0.0372 e. The number of pyridine rings is 1. The number of aromatic nitrogens is 1. The summed E-state index contributed by atoms with van der Waals surface area (Å²) in [5.41, 5.74) is 2.39. The maximum Gasteiger partial charge on any atom is 0.0372 e. The Hall–Kier alpha value is -1.19. The Labute approximate surface area is 119 Å². The van der Waals surface area contributed by atoms with E-state index in [9.17, 15) is 0 Å². The maximum absolute atomic E-state index is 4.40. The first-order valence-corrected chi connectivity index (χ1v) is 7.86. The van der Waals surface area contributed by atoms with Crippen LogP contribution < -0.4 is 5.32 Å². The van der Waals surface area contributed by atoms with Gasteiger partial charge in [-0.25, -0.2) is 0 Å². The lowest BCUT2D eigenvalue weighted by atomic mass is 10.0. The summed E-state index contributed by atoms with van der Waals surface area (Å²) in [6.45, 7) is 5.19. The van der Waals surface area contributed by atoms with Gasteiger partial charge >= 0.3 is 0 Å². The van der Waals surface area contributed by atoms with Crippen molar-refractivity contribution < 1.29 is 0 Å². The van der Waals surface area contributed by atoms with E-state index >= 15 is 0 Å². The standard InChI is InChI=1S/C16H22N2S/c1-3-17-16(14-10-9-13(2)18-12-14)8-4-6-15-7-5-11-19-15/h5,7,9-12,16-17H,3-4,6,8H2,1-2H3. The van der Waals surface area contributed by atoms with Gasteiger partial charge in [0.25, 0.3) is 0 Å². The molecule has 0 spiro atoms. The minimum absolute atomic E-state index is 0.429. The van der Waals surface area contributed by atoms with Crippen LogP contribution in [0.25, 0.3) is 0 Å². The monoisotopic (exact) mass is 274 g/mol. The fourth-order valence-corrected chi connectivity index (χ4v) is 3.00. The molecule has 19 heavy (non-hydrogen) atoms. The average Bonchev–Trinajstić information content (AvgIpc) is 2.92. The van der Waals surface area contributed by atoms with Gasteiger partial charge < -0.3 is 5.32 Å². The Kier molecular flexibility index (Phi) is 5.55. The number of hydrogen-bond acceptors (Lipinski definition) is 3. The normalized spacial score (nSPS) is 12.5. The van der Waals surface area contributed by atoms with E-state index in [1.807, 2.05) is 24.5 Å². The Balaban J connectivity index is 1.90. The lowest BCUT2D eigenvalue weighted by Crippen LogP contribution is -2.21. The van der Waals surface area contributed by atoms with Gasteiger partial charge in [0.2, 0.25) is 0 Å². The Bertz CT molecular complexity index is 462. The summed E-state index contributed by atoms with van der Waals surface area (Å²) < 4.78 is 0. The van der Waals surface area contributed by atoms with Crippen LogP contribution in [0.2, 0.25) is 0 Å². The second kappa shape index (κ2) is 7.41. The zero-order valence-electron chi connectivity index (χ0n) is 11.7. The first-order chi connectivity index (χ1) is 9.29. The number of nitrogens with one attached hydrogen (secondary N) is 1. The minimum Gasteiger partial charge on any atom is -0.310 e. The zero-order valence-corrected chi connectivity index (χ0v) is 12.5. The highest BCUT2D eigenvalue weighted by Gasteiger charge is 2.10. The Morgan fingerprint density at radius 2 is 2.21 bits per heavy atom. The molecule has 1 N–H and O–H groups in total. The molecule has 0 aliphatic heterocycles. The molecular weight excluding hydrogens is 252 g/mol. The van der Waals surface area contributed by atoms with Crippen molar-refractivity contribution in [3.8, 4) is 0 Å². The number of hydrogen-bond donors (Lipinski definition) is 1. The van der Waals surface area contributed by atoms with Crippen molar-refractivity contribution >= 4 is 11.3 Å². The summed E-state index contributed by atoms with van der Waals surface area (Å²) in [4.78, 5) is 5.89. The number of aryl methyl sites for hydroxylation is 2. The van der Waals surface area contributed by atoms with E-state index in [2.05, 4.69) is 46.9 Å². The van der Waals surface area contributed by atoms with E-state index in [1.54, 1.807) is 0 Å². The van der Waals surface area contributed by atoms with E-state index < -0.39 is 0 Å². The van der Waals surface area contributed by atoms with Crippen LogP contribution in [0.3, 0.4) is 0 Å². The van der Waals surface area contributed by atoms with Crippen LogP contribution in [0.15, 0.2) is 35.8 Å². The molecule has 0 saturated heterocycles. The van der Waals surface area contributed by atoms with Crippen molar-refractivity contribution in [2.24, 2.45) is 0 Å². The van der Waals surface area contributed by atoms with Crippen molar-refractivity contribution in [1.82, 2.24) is 10.3 Å². The first-order valence-electron chi connectivity index (χ1n) is 6.98. The molecule has 3 heteroatoms. The van der Waals surface area contributed by atoms with Gasteiger partial charge in [0.05, 0.1) is 0 Å². The third kappa shape index (κ3) is 4.44. The van der Waals surface area contributed by atoms with Crippen LogP contribution in [0.4, 0.5) is 0 Å². The van der Waals surface area contributed by atoms with Crippen LogP contribution in [0, 0.1) is 6.92 Å². The lowest BCUT2D eigenvalue weighted by Gasteiger charge is -2.18. The van der Waals surface area contributed by atoms with Gasteiger partial charge in [-0.15, -0.1) is 11.3 Å². The molecule has 2 heterocycles. The second-order valence-corrected chi connectivity index (χ2v) is 5.85. The SMILES string of the molecule is CCNC(CCCc1cccs1)c1ccc(C)nc1. The summed E-state index contributed by atoms with van der Waals surface area (Å²) in [7, 11) is 0. The molecular formula is C16H22N2S. The molecule has 0 radical (unpaired) electrons. The molecule has 0 aliphatic rings. The predicted octanol–water partition coefficient (Wildman–Crippen LogP) is 4.13. The number of nitrogens with zero attached hydrogens (tertiary/aromatic N) is 1. The molecule has 0 bridgehead atoms. The highest BCUT2D eigenvalue weighted by Crippen LogP contribution is 2.20. The molecule has 0 aromatic carbocycles. The largest absolute Gasteiger partial charge is 0.310 e. The summed E-state index contributed by atoms with van der Waals surface area (Å²) in [6, 6.07) is 9.07. The van der Waals surface area contributed by atoms with Crippen LogP contribution in [0.5, 0.6) is 0 Å². The Morgan fingerprint density at radius 3 is 2.84 bits per heavy atom. The summed E-state index contributed by atoms with van der Waals surface area (Å²) in [5, 5.41) is 5.72. The van der Waals surface area contributed by atoms with E-state index in [0.29, 0.717) is 6.04 Å². The number of rotatable bonds is 7. The average molecular weight is 274 g/mol. The highest BCUT2D eigenvalue weighted by molar-refractivity contribution is 7.09. The van der Waals surface area contributed by atoms with Crippen LogP contribution >= 0.6 is 11.3 Å². The predicted molar refractivity (Wildman–Crippen MR) is 82.6 cm³/mol. The minimum atomic E-state index is 0.429. The van der Waals surface area contributed by atoms with Crippen LogP contribution in [0.1, 0.15) is 41.9 Å². The van der Waals surface area contributed by atoms with Gasteiger partial charge in [-0.1, -0.05) is 19.1 Å². The molecule has 0 saturated carbocycles. The molecule has 0 fully saturated rings. The molecule has 2 aromatic rings. The zero-order chi connectivity index (χ0) is 13.5. The van der Waals surface area contributed by atoms with Gasteiger partial charge in [-0.05, 0) is 55.8 Å². The first kappa shape index (κ1) is 14.2. The van der Waals surface area contributed by atoms with Crippen molar-refractivity contribution in [3.05, 3.63) is 52.0 Å².